The molecule has 98 valence electrons. The summed E-state index contributed by atoms with van der Waals surface area (Å²) in [5.74, 6) is -0.398. The minimum atomic E-state index is -2.85. The predicted molar refractivity (Wildman–Crippen MR) is 62.7 cm³/mol. The summed E-state index contributed by atoms with van der Waals surface area (Å²) in [7, 11) is -2.85. The van der Waals surface area contributed by atoms with E-state index in [4.69, 9.17) is 5.11 Å². The minimum absolute atomic E-state index is 0.0866. The van der Waals surface area contributed by atoms with Crippen molar-refractivity contribution in [3.05, 3.63) is 0 Å². The van der Waals surface area contributed by atoms with Crippen LogP contribution in [0.3, 0.4) is 0 Å². The van der Waals surface area contributed by atoms with E-state index in [0.717, 1.165) is 0 Å². The Bertz CT molecular complexity index is 389. The van der Waals surface area contributed by atoms with Gasteiger partial charge in [-0.3, -0.25) is 4.79 Å². The van der Waals surface area contributed by atoms with Crippen LogP contribution in [0.4, 0.5) is 0 Å². The Morgan fingerprint density at radius 3 is 2.35 bits per heavy atom. The van der Waals surface area contributed by atoms with Crippen molar-refractivity contribution in [3.8, 4) is 0 Å². The molecule has 0 radical (unpaired) electrons. The van der Waals surface area contributed by atoms with Gasteiger partial charge in [-0.1, -0.05) is 0 Å². The second-order valence-electron chi connectivity index (χ2n) is 5.02. The van der Waals surface area contributed by atoms with Gasteiger partial charge in [0, 0.05) is 19.1 Å². The first-order valence-electron chi connectivity index (χ1n) is 5.81. The lowest BCUT2D eigenvalue weighted by Gasteiger charge is -2.45. The first-order valence-corrected chi connectivity index (χ1v) is 7.64. The summed E-state index contributed by atoms with van der Waals surface area (Å²) in [6, 6.07) is 0.125. The summed E-state index contributed by atoms with van der Waals surface area (Å²) in [6.07, 6.45) is 1.26. The van der Waals surface area contributed by atoms with Crippen molar-refractivity contribution in [2.24, 2.45) is 0 Å². The molecule has 3 N–H and O–H groups in total. The standard InChI is InChI=1S/C10H18N2O4S/c13-9(14)5-10(6-11-7-10)12-8-1-3-17(15,16)4-2-8/h8,11-12H,1-7H2,(H,13,14). The van der Waals surface area contributed by atoms with Crippen molar-refractivity contribution in [2.45, 2.75) is 30.8 Å². The number of nitrogens with one attached hydrogen (secondary N) is 2. The SMILES string of the molecule is O=C(O)CC1(NC2CCS(=O)(=O)CC2)CNC1. The Balaban J connectivity index is 1.90. The van der Waals surface area contributed by atoms with E-state index in [1.54, 1.807) is 0 Å². The average Bonchev–Trinajstić information content (AvgIpc) is 2.17. The normalized spacial score (nSPS) is 27.3. The molecular weight excluding hydrogens is 244 g/mol. The molecule has 2 fully saturated rings. The van der Waals surface area contributed by atoms with Gasteiger partial charge in [0.15, 0.2) is 0 Å². The molecule has 17 heavy (non-hydrogen) atoms. The number of hydrogen-bond acceptors (Lipinski definition) is 5. The molecule has 0 spiro atoms. The van der Waals surface area contributed by atoms with Crippen molar-refractivity contribution in [1.29, 1.82) is 0 Å². The van der Waals surface area contributed by atoms with E-state index in [9.17, 15) is 13.2 Å². The third kappa shape index (κ3) is 3.17. The maximum atomic E-state index is 11.3. The summed E-state index contributed by atoms with van der Waals surface area (Å²) in [5, 5.41) is 15.3. The third-order valence-electron chi connectivity index (χ3n) is 3.48. The Labute approximate surface area is 101 Å². The lowest BCUT2D eigenvalue weighted by atomic mass is 9.87. The van der Waals surface area contributed by atoms with Gasteiger partial charge in [0.05, 0.1) is 23.5 Å². The molecule has 7 heteroatoms. The van der Waals surface area contributed by atoms with Crippen LogP contribution in [0.5, 0.6) is 0 Å². The minimum Gasteiger partial charge on any atom is -0.481 e. The maximum absolute atomic E-state index is 11.3. The van der Waals surface area contributed by atoms with E-state index in [2.05, 4.69) is 10.6 Å². The van der Waals surface area contributed by atoms with Gasteiger partial charge in [-0.05, 0) is 12.8 Å². The Hall–Kier alpha value is -0.660. The lowest BCUT2D eigenvalue weighted by molar-refractivity contribution is -0.139. The summed E-state index contributed by atoms with van der Waals surface area (Å²) < 4.78 is 22.6. The maximum Gasteiger partial charge on any atom is 0.305 e. The molecule has 0 bridgehead atoms. The lowest BCUT2D eigenvalue weighted by Crippen LogP contribution is -2.70. The Kier molecular flexibility index (Phi) is 3.42. The fourth-order valence-electron chi connectivity index (χ4n) is 2.46. The van der Waals surface area contributed by atoms with Gasteiger partial charge in [0.25, 0.3) is 0 Å². The number of aliphatic carboxylic acids is 1. The highest BCUT2D eigenvalue weighted by atomic mass is 32.2. The van der Waals surface area contributed by atoms with Crippen molar-refractivity contribution in [3.63, 3.8) is 0 Å². The number of hydrogen-bond donors (Lipinski definition) is 3. The summed E-state index contributed by atoms with van der Waals surface area (Å²) in [4.78, 5) is 10.8. The van der Waals surface area contributed by atoms with Gasteiger partial charge in [-0.25, -0.2) is 8.42 Å². The van der Waals surface area contributed by atoms with Gasteiger partial charge in [0.1, 0.15) is 9.84 Å². The molecule has 0 saturated carbocycles. The molecular formula is C10H18N2O4S. The molecule has 2 aliphatic heterocycles. The van der Waals surface area contributed by atoms with Crippen LogP contribution in [0.25, 0.3) is 0 Å². The van der Waals surface area contributed by atoms with E-state index in [0.29, 0.717) is 25.9 Å². The highest BCUT2D eigenvalue weighted by Crippen LogP contribution is 2.21. The zero-order valence-electron chi connectivity index (χ0n) is 9.61. The zero-order chi connectivity index (χ0) is 12.5. The van der Waals surface area contributed by atoms with Gasteiger partial charge in [-0.2, -0.15) is 0 Å². The predicted octanol–water partition coefficient (Wildman–Crippen LogP) is -1.03. The van der Waals surface area contributed by atoms with Crippen LogP contribution in [-0.2, 0) is 14.6 Å². The van der Waals surface area contributed by atoms with E-state index in [-0.39, 0.29) is 29.5 Å². The van der Waals surface area contributed by atoms with Crippen LogP contribution in [0.2, 0.25) is 0 Å². The Morgan fingerprint density at radius 2 is 1.94 bits per heavy atom. The van der Waals surface area contributed by atoms with Crippen molar-refractivity contribution in [2.75, 3.05) is 24.6 Å². The summed E-state index contributed by atoms with van der Waals surface area (Å²) in [5.41, 5.74) is -0.377. The van der Waals surface area contributed by atoms with Crippen molar-refractivity contribution in [1.82, 2.24) is 10.6 Å². The van der Waals surface area contributed by atoms with E-state index < -0.39 is 15.8 Å². The summed E-state index contributed by atoms with van der Waals surface area (Å²) in [6.45, 7) is 1.28. The molecule has 2 aliphatic rings. The monoisotopic (exact) mass is 262 g/mol. The largest absolute Gasteiger partial charge is 0.481 e. The van der Waals surface area contributed by atoms with Crippen LogP contribution < -0.4 is 10.6 Å². The van der Waals surface area contributed by atoms with E-state index in [1.807, 2.05) is 0 Å². The summed E-state index contributed by atoms with van der Waals surface area (Å²) >= 11 is 0. The van der Waals surface area contributed by atoms with Gasteiger partial charge in [0.2, 0.25) is 0 Å². The highest BCUT2D eigenvalue weighted by molar-refractivity contribution is 7.91. The van der Waals surface area contributed by atoms with Crippen LogP contribution in [0, 0.1) is 0 Å². The van der Waals surface area contributed by atoms with Crippen LogP contribution >= 0.6 is 0 Å². The third-order valence-corrected chi connectivity index (χ3v) is 5.20. The molecule has 0 unspecified atom stereocenters. The molecule has 0 atom stereocenters. The van der Waals surface area contributed by atoms with Crippen LogP contribution in [0.1, 0.15) is 19.3 Å². The molecule has 0 amide bonds. The van der Waals surface area contributed by atoms with Crippen LogP contribution in [0.15, 0.2) is 0 Å². The molecule has 0 aromatic carbocycles. The topological polar surface area (TPSA) is 95.5 Å². The van der Waals surface area contributed by atoms with Crippen molar-refractivity contribution < 1.29 is 18.3 Å². The number of carbonyl (C=O) groups is 1. The number of sulfone groups is 1. The smallest absolute Gasteiger partial charge is 0.305 e. The van der Waals surface area contributed by atoms with Crippen LogP contribution in [-0.4, -0.2) is 55.7 Å². The Morgan fingerprint density at radius 1 is 1.35 bits per heavy atom. The molecule has 2 saturated heterocycles. The molecule has 0 aliphatic carbocycles. The first kappa shape index (κ1) is 12.8. The average molecular weight is 262 g/mol. The molecule has 6 nitrogen and oxygen atoms in total. The molecule has 0 aromatic heterocycles. The number of carboxylic acids is 1. The van der Waals surface area contributed by atoms with E-state index >= 15 is 0 Å². The molecule has 2 heterocycles. The zero-order valence-corrected chi connectivity index (χ0v) is 10.4. The molecule has 0 aromatic rings. The van der Waals surface area contributed by atoms with Gasteiger partial charge < -0.3 is 15.7 Å². The molecule has 2 rings (SSSR count). The van der Waals surface area contributed by atoms with E-state index in [1.165, 1.54) is 0 Å². The fraction of sp³-hybridized carbons (Fsp3) is 0.900. The fourth-order valence-corrected chi connectivity index (χ4v) is 3.95. The first-order chi connectivity index (χ1) is 7.91. The highest BCUT2D eigenvalue weighted by Gasteiger charge is 2.41. The number of rotatable bonds is 4. The quantitative estimate of drug-likeness (QED) is 0.599. The number of carboxylic acid groups (broad SMARTS) is 1. The second-order valence-corrected chi connectivity index (χ2v) is 7.33. The van der Waals surface area contributed by atoms with Crippen molar-refractivity contribution >= 4 is 15.8 Å². The second kappa shape index (κ2) is 4.55. The van der Waals surface area contributed by atoms with Gasteiger partial charge in [-0.15, -0.1) is 0 Å². The van der Waals surface area contributed by atoms with Gasteiger partial charge >= 0.3 is 5.97 Å².